The van der Waals surface area contributed by atoms with Gasteiger partial charge in [0.15, 0.2) is 0 Å². The highest BCUT2D eigenvalue weighted by Crippen LogP contribution is 2.10. The van der Waals surface area contributed by atoms with Gasteiger partial charge in [-0.1, -0.05) is 27.7 Å². The Labute approximate surface area is 86.9 Å². The Balaban J connectivity index is 2.13. The van der Waals surface area contributed by atoms with Crippen molar-refractivity contribution in [3.8, 4) is 0 Å². The van der Waals surface area contributed by atoms with E-state index in [2.05, 4.69) is 24.1 Å². The zero-order chi connectivity index (χ0) is 10.7. The smallest absolute Gasteiger partial charge is 0.222 e. The molecule has 1 rings (SSSR count). The fraction of sp³-hybridized carbons (Fsp3) is 0.909. The van der Waals surface area contributed by atoms with Gasteiger partial charge in [-0.2, -0.15) is 0 Å². The normalized spacial score (nSPS) is 18.7. The lowest BCUT2D eigenvalue weighted by molar-refractivity contribution is -0.125. The van der Waals surface area contributed by atoms with E-state index in [9.17, 15) is 4.79 Å². The lowest BCUT2D eigenvalue weighted by Gasteiger charge is -2.40. The summed E-state index contributed by atoms with van der Waals surface area (Å²) in [5.41, 5.74) is 0. The van der Waals surface area contributed by atoms with E-state index in [1.165, 1.54) is 0 Å². The third-order valence-corrected chi connectivity index (χ3v) is 2.45. The molecule has 0 unspecified atom stereocenters. The Morgan fingerprint density at radius 2 is 1.93 bits per heavy atom. The molecule has 0 radical (unpaired) electrons. The second-order valence-electron chi connectivity index (χ2n) is 4.97. The lowest BCUT2D eigenvalue weighted by atomic mass is 10.1. The molecule has 0 aromatic rings. The van der Waals surface area contributed by atoms with Crippen LogP contribution in [0.4, 0.5) is 0 Å². The van der Waals surface area contributed by atoms with Crippen LogP contribution in [0.5, 0.6) is 0 Å². The monoisotopic (exact) mass is 198 g/mol. The Bertz CT molecular complexity index is 195. The number of carbonyl (C=O) groups is 1. The molecule has 0 atom stereocenters. The minimum absolute atomic E-state index is 0.106. The number of rotatable bonds is 4. The predicted octanol–water partition coefficient (Wildman–Crippen LogP) is 1.10. The Hall–Kier alpha value is -0.570. The quantitative estimate of drug-likeness (QED) is 0.733. The van der Waals surface area contributed by atoms with Crippen LogP contribution in [0.2, 0.25) is 0 Å². The fourth-order valence-electron chi connectivity index (χ4n) is 1.69. The molecule has 1 heterocycles. The van der Waals surface area contributed by atoms with Crippen LogP contribution in [-0.4, -0.2) is 36.5 Å². The Morgan fingerprint density at radius 1 is 1.36 bits per heavy atom. The van der Waals surface area contributed by atoms with E-state index >= 15 is 0 Å². The molecule has 0 spiro atoms. The van der Waals surface area contributed by atoms with Gasteiger partial charge in [-0.05, 0) is 5.92 Å². The summed E-state index contributed by atoms with van der Waals surface area (Å²) in [4.78, 5) is 13.7. The van der Waals surface area contributed by atoms with Gasteiger partial charge in [0, 0.05) is 25.6 Å². The first-order valence-electron chi connectivity index (χ1n) is 5.51. The van der Waals surface area contributed by atoms with Crippen molar-refractivity contribution >= 4 is 5.91 Å². The van der Waals surface area contributed by atoms with Gasteiger partial charge in [0.2, 0.25) is 5.91 Å². The maximum atomic E-state index is 11.3. The second kappa shape index (κ2) is 4.78. The third kappa shape index (κ3) is 3.29. The van der Waals surface area contributed by atoms with Crippen molar-refractivity contribution in [2.75, 3.05) is 19.6 Å². The van der Waals surface area contributed by atoms with Crippen LogP contribution in [0.3, 0.4) is 0 Å². The van der Waals surface area contributed by atoms with Gasteiger partial charge in [-0.3, -0.25) is 9.69 Å². The summed E-state index contributed by atoms with van der Waals surface area (Å²) in [6, 6.07) is 0.392. The van der Waals surface area contributed by atoms with Crippen molar-refractivity contribution in [3.05, 3.63) is 0 Å². The summed E-state index contributed by atoms with van der Waals surface area (Å²) in [6.45, 7) is 11.5. The number of carbonyl (C=O) groups excluding carboxylic acids is 1. The van der Waals surface area contributed by atoms with Crippen molar-refractivity contribution < 1.29 is 4.79 Å². The summed E-state index contributed by atoms with van der Waals surface area (Å²) in [7, 11) is 0. The lowest BCUT2D eigenvalue weighted by Crippen LogP contribution is -2.60. The average Bonchev–Trinajstić information content (AvgIpc) is 1.99. The van der Waals surface area contributed by atoms with Gasteiger partial charge >= 0.3 is 0 Å². The van der Waals surface area contributed by atoms with E-state index < -0.39 is 0 Å². The van der Waals surface area contributed by atoms with Gasteiger partial charge < -0.3 is 5.32 Å². The van der Waals surface area contributed by atoms with Crippen molar-refractivity contribution in [1.29, 1.82) is 0 Å². The molecule has 1 amide bonds. The molecule has 1 saturated heterocycles. The van der Waals surface area contributed by atoms with E-state index in [-0.39, 0.29) is 11.8 Å². The van der Waals surface area contributed by atoms with E-state index in [1.807, 2.05) is 13.8 Å². The van der Waals surface area contributed by atoms with E-state index in [1.54, 1.807) is 0 Å². The molecule has 1 aliphatic heterocycles. The maximum absolute atomic E-state index is 11.3. The number of nitrogens with one attached hydrogen (secondary N) is 1. The van der Waals surface area contributed by atoms with Crippen molar-refractivity contribution in [1.82, 2.24) is 10.2 Å². The van der Waals surface area contributed by atoms with Crippen LogP contribution in [0.1, 0.15) is 27.7 Å². The molecule has 3 heteroatoms. The summed E-state index contributed by atoms with van der Waals surface area (Å²) in [5.74, 6) is 1.00. The van der Waals surface area contributed by atoms with Crippen molar-refractivity contribution in [2.45, 2.75) is 33.7 Å². The largest absolute Gasteiger partial charge is 0.351 e. The molecule has 0 saturated carbocycles. The molecule has 0 aromatic heterocycles. The molecular formula is C11H22N2O. The molecule has 1 fully saturated rings. The first-order chi connectivity index (χ1) is 6.49. The average molecular weight is 198 g/mol. The first-order valence-corrected chi connectivity index (χ1v) is 5.51. The molecule has 0 aromatic carbocycles. The summed E-state index contributed by atoms with van der Waals surface area (Å²) in [5, 5.41) is 3.04. The molecule has 82 valence electrons. The predicted molar refractivity (Wildman–Crippen MR) is 58.0 cm³/mol. The molecule has 14 heavy (non-hydrogen) atoms. The first kappa shape index (κ1) is 11.5. The topological polar surface area (TPSA) is 32.3 Å². The van der Waals surface area contributed by atoms with Crippen LogP contribution >= 0.6 is 0 Å². The fourth-order valence-corrected chi connectivity index (χ4v) is 1.69. The van der Waals surface area contributed by atoms with Crippen molar-refractivity contribution in [3.63, 3.8) is 0 Å². The number of amides is 1. The minimum Gasteiger partial charge on any atom is -0.351 e. The zero-order valence-corrected chi connectivity index (χ0v) is 9.71. The van der Waals surface area contributed by atoms with E-state index in [0.717, 1.165) is 25.6 Å². The highest BCUT2D eigenvalue weighted by molar-refractivity contribution is 5.78. The summed E-state index contributed by atoms with van der Waals surface area (Å²) in [6.07, 6.45) is 0. The Morgan fingerprint density at radius 3 is 2.36 bits per heavy atom. The standard InChI is InChI=1S/C11H22N2O/c1-8(2)5-13-6-10(7-13)12-11(14)9(3)4/h8-10H,5-7H2,1-4H3,(H,12,14). The molecule has 0 bridgehead atoms. The number of hydrogen-bond donors (Lipinski definition) is 1. The van der Waals surface area contributed by atoms with Crippen LogP contribution in [0.25, 0.3) is 0 Å². The van der Waals surface area contributed by atoms with Crippen LogP contribution < -0.4 is 5.32 Å². The van der Waals surface area contributed by atoms with Crippen molar-refractivity contribution in [2.24, 2.45) is 11.8 Å². The second-order valence-corrected chi connectivity index (χ2v) is 4.97. The highest BCUT2D eigenvalue weighted by Gasteiger charge is 2.28. The molecular weight excluding hydrogens is 176 g/mol. The Kier molecular flexibility index (Phi) is 3.93. The number of likely N-dealkylation sites (tertiary alicyclic amines) is 1. The molecule has 1 N–H and O–H groups in total. The van der Waals surface area contributed by atoms with Crippen LogP contribution in [0.15, 0.2) is 0 Å². The molecule has 1 aliphatic rings. The van der Waals surface area contributed by atoms with E-state index in [0.29, 0.717) is 6.04 Å². The van der Waals surface area contributed by atoms with Gasteiger partial charge in [0.1, 0.15) is 0 Å². The minimum atomic E-state index is 0.106. The van der Waals surface area contributed by atoms with Gasteiger partial charge in [-0.25, -0.2) is 0 Å². The van der Waals surface area contributed by atoms with E-state index in [4.69, 9.17) is 0 Å². The zero-order valence-electron chi connectivity index (χ0n) is 9.71. The summed E-state index contributed by atoms with van der Waals surface area (Å²) < 4.78 is 0. The highest BCUT2D eigenvalue weighted by atomic mass is 16.1. The molecule has 3 nitrogen and oxygen atoms in total. The van der Waals surface area contributed by atoms with Gasteiger partial charge in [0.25, 0.3) is 0 Å². The van der Waals surface area contributed by atoms with Crippen LogP contribution in [0, 0.1) is 11.8 Å². The molecule has 0 aliphatic carbocycles. The SMILES string of the molecule is CC(C)CN1CC(NC(=O)C(C)C)C1. The number of nitrogens with zero attached hydrogens (tertiary/aromatic N) is 1. The maximum Gasteiger partial charge on any atom is 0.222 e. The van der Waals surface area contributed by atoms with Gasteiger partial charge in [0.05, 0.1) is 6.04 Å². The van der Waals surface area contributed by atoms with Crippen LogP contribution in [-0.2, 0) is 4.79 Å². The number of hydrogen-bond acceptors (Lipinski definition) is 2. The summed E-state index contributed by atoms with van der Waals surface area (Å²) >= 11 is 0. The third-order valence-electron chi connectivity index (χ3n) is 2.45. The van der Waals surface area contributed by atoms with Gasteiger partial charge in [-0.15, -0.1) is 0 Å².